The van der Waals surface area contributed by atoms with E-state index in [-0.39, 0.29) is 34.8 Å². The highest BCUT2D eigenvalue weighted by Gasteiger charge is 2.28. The van der Waals surface area contributed by atoms with Gasteiger partial charge in [-0.2, -0.15) is 0 Å². The first kappa shape index (κ1) is 19.8. The maximum Gasteiger partial charge on any atom is 0.262 e. The number of methoxy groups -OCH3 is 1. The molecule has 3 rings (SSSR count). The molecule has 146 valence electrons. The van der Waals surface area contributed by atoms with Crippen molar-refractivity contribution in [2.45, 2.75) is 24.2 Å². The number of thioether (sulfide) groups is 1. The lowest BCUT2D eigenvalue weighted by atomic mass is 10.2. The molecule has 1 aromatic heterocycles. The highest BCUT2D eigenvalue weighted by atomic mass is 32.2. The molecule has 1 unspecified atom stereocenters. The van der Waals surface area contributed by atoms with Gasteiger partial charge >= 0.3 is 0 Å². The van der Waals surface area contributed by atoms with Crippen molar-refractivity contribution in [3.63, 3.8) is 0 Å². The van der Waals surface area contributed by atoms with Crippen LogP contribution in [0.15, 0.2) is 34.2 Å². The minimum absolute atomic E-state index is 0.0177. The number of sulfone groups is 1. The molecule has 0 aliphatic carbocycles. The van der Waals surface area contributed by atoms with Gasteiger partial charge in [-0.1, -0.05) is 23.9 Å². The van der Waals surface area contributed by atoms with Gasteiger partial charge in [-0.3, -0.25) is 14.2 Å². The Kier molecular flexibility index (Phi) is 6.18. The fraction of sp³-hybridized carbons (Fsp3) is 0.471. The van der Waals surface area contributed by atoms with Crippen molar-refractivity contribution in [3.8, 4) is 0 Å². The lowest BCUT2D eigenvalue weighted by Gasteiger charge is -2.14. The van der Waals surface area contributed by atoms with Crippen LogP contribution in [0.2, 0.25) is 0 Å². The molecule has 2 aromatic rings. The van der Waals surface area contributed by atoms with E-state index in [0.29, 0.717) is 35.6 Å². The standard InChI is InChI=1S/C17H21N3O5S2/c1-25-8-7-20-16(22)13-4-2-3-5-14(13)19-17(20)26-10-15(21)18-12-6-9-27(23,24)11-12/h2-5,12H,6-11H2,1H3,(H,18,21). The molecule has 0 saturated carbocycles. The number of ether oxygens (including phenoxy) is 1. The van der Waals surface area contributed by atoms with Crippen molar-refractivity contribution in [2.75, 3.05) is 31.0 Å². The maximum absolute atomic E-state index is 12.7. The first-order chi connectivity index (χ1) is 12.9. The number of carbonyl (C=O) groups excluding carboxylic acids is 1. The quantitative estimate of drug-likeness (QED) is 0.520. The Balaban J connectivity index is 1.75. The van der Waals surface area contributed by atoms with Gasteiger partial charge in [0.25, 0.3) is 5.56 Å². The molecule has 2 heterocycles. The Morgan fingerprint density at radius 2 is 2.19 bits per heavy atom. The summed E-state index contributed by atoms with van der Waals surface area (Å²) < 4.78 is 29.6. The van der Waals surface area contributed by atoms with Crippen molar-refractivity contribution < 1.29 is 17.9 Å². The number of rotatable bonds is 7. The number of aromatic nitrogens is 2. The lowest BCUT2D eigenvalue weighted by Crippen LogP contribution is -2.37. The second kappa shape index (κ2) is 8.41. The molecule has 1 aliphatic heterocycles. The molecule has 1 aromatic carbocycles. The fourth-order valence-corrected chi connectivity index (χ4v) is 5.46. The number of para-hydroxylation sites is 1. The first-order valence-corrected chi connectivity index (χ1v) is 11.3. The summed E-state index contributed by atoms with van der Waals surface area (Å²) in [5, 5.41) is 3.69. The topological polar surface area (TPSA) is 107 Å². The van der Waals surface area contributed by atoms with Gasteiger partial charge < -0.3 is 10.1 Å². The Hall–Kier alpha value is -1.91. The van der Waals surface area contributed by atoms with E-state index in [1.54, 1.807) is 31.4 Å². The van der Waals surface area contributed by atoms with E-state index in [1.807, 2.05) is 0 Å². The second-order valence-electron chi connectivity index (χ2n) is 6.32. The number of amides is 1. The molecule has 27 heavy (non-hydrogen) atoms. The molecule has 1 saturated heterocycles. The first-order valence-electron chi connectivity index (χ1n) is 8.51. The van der Waals surface area contributed by atoms with E-state index in [4.69, 9.17) is 4.74 Å². The molecule has 0 spiro atoms. The normalized spacial score (nSPS) is 18.6. The van der Waals surface area contributed by atoms with Gasteiger partial charge in [0.15, 0.2) is 15.0 Å². The summed E-state index contributed by atoms with van der Waals surface area (Å²) in [6.07, 6.45) is 0.436. The van der Waals surface area contributed by atoms with Crippen LogP contribution in [0.5, 0.6) is 0 Å². The van der Waals surface area contributed by atoms with Crippen LogP contribution in [-0.4, -0.2) is 60.9 Å². The zero-order chi connectivity index (χ0) is 19.4. The summed E-state index contributed by atoms with van der Waals surface area (Å²) in [7, 11) is -1.50. The van der Waals surface area contributed by atoms with Crippen LogP contribution in [0.1, 0.15) is 6.42 Å². The summed E-state index contributed by atoms with van der Waals surface area (Å²) in [4.78, 5) is 29.4. The van der Waals surface area contributed by atoms with E-state index in [9.17, 15) is 18.0 Å². The SMILES string of the molecule is COCCn1c(SCC(=O)NC2CCS(=O)(=O)C2)nc2ccccc2c1=O. The number of nitrogens with one attached hydrogen (secondary N) is 1. The van der Waals surface area contributed by atoms with Crippen LogP contribution in [0.25, 0.3) is 10.9 Å². The van der Waals surface area contributed by atoms with E-state index >= 15 is 0 Å². The van der Waals surface area contributed by atoms with Crippen LogP contribution in [0.3, 0.4) is 0 Å². The van der Waals surface area contributed by atoms with Gasteiger partial charge in [0.1, 0.15) is 0 Å². The molecule has 10 heteroatoms. The molecule has 1 fully saturated rings. The van der Waals surface area contributed by atoms with Crippen molar-refractivity contribution in [2.24, 2.45) is 0 Å². The van der Waals surface area contributed by atoms with Crippen LogP contribution >= 0.6 is 11.8 Å². The zero-order valence-corrected chi connectivity index (χ0v) is 16.5. The summed E-state index contributed by atoms with van der Waals surface area (Å²) in [6, 6.07) is 6.71. The predicted molar refractivity (Wildman–Crippen MR) is 104 cm³/mol. The summed E-state index contributed by atoms with van der Waals surface area (Å²) in [5.74, 6) is -0.138. The highest BCUT2D eigenvalue weighted by Crippen LogP contribution is 2.18. The lowest BCUT2D eigenvalue weighted by molar-refractivity contribution is -0.119. The van der Waals surface area contributed by atoms with Gasteiger partial charge in [-0.25, -0.2) is 13.4 Å². The number of fused-ring (bicyclic) bond motifs is 1. The Morgan fingerprint density at radius 1 is 1.41 bits per heavy atom. The Morgan fingerprint density at radius 3 is 2.89 bits per heavy atom. The maximum atomic E-state index is 12.7. The summed E-state index contributed by atoms with van der Waals surface area (Å²) in [5.41, 5.74) is 0.392. The predicted octanol–water partition coefficient (Wildman–Crippen LogP) is 0.438. The molecule has 0 bridgehead atoms. The number of benzene rings is 1. The number of hydrogen-bond acceptors (Lipinski definition) is 7. The van der Waals surface area contributed by atoms with Gasteiger partial charge in [0, 0.05) is 13.2 Å². The third-order valence-electron chi connectivity index (χ3n) is 4.28. The highest BCUT2D eigenvalue weighted by molar-refractivity contribution is 7.99. The van der Waals surface area contributed by atoms with Crippen molar-refractivity contribution in [3.05, 3.63) is 34.6 Å². The van der Waals surface area contributed by atoms with Crippen LogP contribution in [0.4, 0.5) is 0 Å². The van der Waals surface area contributed by atoms with Crippen LogP contribution in [0, 0.1) is 0 Å². The van der Waals surface area contributed by atoms with Crippen molar-refractivity contribution in [1.82, 2.24) is 14.9 Å². The number of hydrogen-bond donors (Lipinski definition) is 1. The second-order valence-corrected chi connectivity index (χ2v) is 9.49. The van der Waals surface area contributed by atoms with Crippen LogP contribution in [-0.2, 0) is 25.9 Å². The molecule has 1 aliphatic rings. The van der Waals surface area contributed by atoms with Crippen molar-refractivity contribution in [1.29, 1.82) is 0 Å². The smallest absolute Gasteiger partial charge is 0.262 e. The van der Waals surface area contributed by atoms with Gasteiger partial charge in [-0.05, 0) is 18.6 Å². The molecule has 0 radical (unpaired) electrons. The molecular formula is C17H21N3O5S2. The monoisotopic (exact) mass is 411 g/mol. The average molecular weight is 412 g/mol. The Labute approximate surface area is 161 Å². The minimum Gasteiger partial charge on any atom is -0.383 e. The average Bonchev–Trinajstić information content (AvgIpc) is 2.97. The van der Waals surface area contributed by atoms with Crippen molar-refractivity contribution >= 4 is 38.4 Å². The third-order valence-corrected chi connectivity index (χ3v) is 7.02. The largest absolute Gasteiger partial charge is 0.383 e. The van der Waals surface area contributed by atoms with E-state index in [0.717, 1.165) is 11.8 Å². The molecule has 1 atom stereocenters. The molecular weight excluding hydrogens is 390 g/mol. The van der Waals surface area contributed by atoms with Gasteiger partial charge in [-0.15, -0.1) is 0 Å². The molecule has 1 N–H and O–H groups in total. The zero-order valence-electron chi connectivity index (χ0n) is 14.9. The minimum atomic E-state index is -3.05. The number of carbonyl (C=O) groups is 1. The number of nitrogens with zero attached hydrogens (tertiary/aromatic N) is 2. The summed E-state index contributed by atoms with van der Waals surface area (Å²) >= 11 is 1.15. The third kappa shape index (κ3) is 4.88. The van der Waals surface area contributed by atoms with E-state index < -0.39 is 9.84 Å². The van der Waals surface area contributed by atoms with Gasteiger partial charge in [0.2, 0.25) is 5.91 Å². The summed E-state index contributed by atoms with van der Waals surface area (Å²) in [6.45, 7) is 0.678. The van der Waals surface area contributed by atoms with Crippen LogP contribution < -0.4 is 10.9 Å². The van der Waals surface area contributed by atoms with E-state index in [2.05, 4.69) is 10.3 Å². The molecule has 1 amide bonds. The fourth-order valence-electron chi connectivity index (χ4n) is 2.95. The molecule has 8 nitrogen and oxygen atoms in total. The van der Waals surface area contributed by atoms with E-state index in [1.165, 1.54) is 4.57 Å². The van der Waals surface area contributed by atoms with Gasteiger partial charge in [0.05, 0.1) is 41.3 Å². The Bertz CT molecular complexity index is 1000.